The molecule has 1 nitrogen and oxygen atoms in total. The Morgan fingerprint density at radius 3 is 2.44 bits per heavy atom. The third-order valence-corrected chi connectivity index (χ3v) is 3.02. The maximum Gasteiger partial charge on any atom is 0.0740 e. The van der Waals surface area contributed by atoms with Gasteiger partial charge in [0.25, 0.3) is 0 Å². The van der Waals surface area contributed by atoms with E-state index in [-0.39, 0.29) is 11.7 Å². The van der Waals surface area contributed by atoms with Gasteiger partial charge < -0.3 is 4.74 Å². The Morgan fingerprint density at radius 1 is 1.25 bits per heavy atom. The Kier molecular flexibility index (Phi) is 3.09. The minimum atomic E-state index is -0.0802. The van der Waals surface area contributed by atoms with Crippen molar-refractivity contribution in [2.75, 3.05) is 0 Å². The summed E-state index contributed by atoms with van der Waals surface area (Å²) >= 11 is 5.89. The number of rotatable bonds is 1. The molecule has 1 aliphatic heterocycles. The lowest BCUT2D eigenvalue weighted by molar-refractivity contribution is -0.0464. The summed E-state index contributed by atoms with van der Waals surface area (Å²) in [6, 6.07) is 8.01. The Hall–Kier alpha value is -0.790. The Bertz CT molecular complexity index is 403. The van der Waals surface area contributed by atoms with E-state index in [4.69, 9.17) is 16.3 Å². The standard InChI is InChI=1S/C14H17ClO/c1-10-8-12(9-14(2,3)16-10)11-4-6-13(15)7-5-11/h4-8,10H,9H2,1-3H3. The molecule has 0 N–H and O–H groups in total. The van der Waals surface area contributed by atoms with Crippen LogP contribution in [0.5, 0.6) is 0 Å². The zero-order valence-corrected chi connectivity index (χ0v) is 10.7. The molecule has 0 spiro atoms. The highest BCUT2D eigenvalue weighted by Crippen LogP contribution is 2.33. The monoisotopic (exact) mass is 236 g/mol. The van der Waals surface area contributed by atoms with E-state index in [1.54, 1.807) is 0 Å². The van der Waals surface area contributed by atoms with Crippen molar-refractivity contribution in [3.8, 4) is 0 Å². The number of hydrogen-bond donors (Lipinski definition) is 0. The van der Waals surface area contributed by atoms with Crippen molar-refractivity contribution < 1.29 is 4.74 Å². The van der Waals surface area contributed by atoms with Gasteiger partial charge in [-0.2, -0.15) is 0 Å². The van der Waals surface area contributed by atoms with Crippen LogP contribution in [0.4, 0.5) is 0 Å². The van der Waals surface area contributed by atoms with E-state index in [0.29, 0.717) is 0 Å². The van der Waals surface area contributed by atoms with E-state index in [0.717, 1.165) is 11.4 Å². The minimum Gasteiger partial charge on any atom is -0.368 e. The highest BCUT2D eigenvalue weighted by molar-refractivity contribution is 6.30. The number of benzene rings is 1. The average molecular weight is 237 g/mol. The molecule has 1 aliphatic rings. The predicted octanol–water partition coefficient (Wildman–Crippen LogP) is 4.31. The summed E-state index contributed by atoms with van der Waals surface area (Å²) in [6.07, 6.45) is 3.31. The number of ether oxygens (including phenoxy) is 1. The lowest BCUT2D eigenvalue weighted by Crippen LogP contribution is -2.32. The summed E-state index contributed by atoms with van der Waals surface area (Å²) in [7, 11) is 0. The van der Waals surface area contributed by atoms with Gasteiger partial charge in [-0.1, -0.05) is 29.8 Å². The van der Waals surface area contributed by atoms with Gasteiger partial charge in [-0.25, -0.2) is 0 Å². The van der Waals surface area contributed by atoms with E-state index in [1.165, 1.54) is 11.1 Å². The summed E-state index contributed by atoms with van der Waals surface area (Å²) in [5, 5.41) is 0.781. The third-order valence-electron chi connectivity index (χ3n) is 2.77. The van der Waals surface area contributed by atoms with Crippen LogP contribution >= 0.6 is 11.6 Å². The maximum atomic E-state index is 5.89. The van der Waals surface area contributed by atoms with Crippen LogP contribution in [0.3, 0.4) is 0 Å². The van der Waals surface area contributed by atoms with Crippen LogP contribution in [-0.2, 0) is 4.74 Å². The van der Waals surface area contributed by atoms with Crippen LogP contribution < -0.4 is 0 Å². The van der Waals surface area contributed by atoms with Crippen LogP contribution in [0.2, 0.25) is 5.02 Å². The summed E-state index contributed by atoms with van der Waals surface area (Å²) in [5.74, 6) is 0. The van der Waals surface area contributed by atoms with Crippen molar-refractivity contribution in [1.29, 1.82) is 0 Å². The summed E-state index contributed by atoms with van der Waals surface area (Å²) in [6.45, 7) is 6.34. The van der Waals surface area contributed by atoms with E-state index in [2.05, 4.69) is 39.0 Å². The molecular weight excluding hydrogens is 220 g/mol. The van der Waals surface area contributed by atoms with Gasteiger partial charge in [0.15, 0.2) is 0 Å². The lowest BCUT2D eigenvalue weighted by atomic mass is 9.89. The predicted molar refractivity (Wildman–Crippen MR) is 68.7 cm³/mol. The molecule has 0 saturated heterocycles. The second-order valence-electron chi connectivity index (χ2n) is 4.96. The van der Waals surface area contributed by atoms with Gasteiger partial charge in [0, 0.05) is 11.4 Å². The number of hydrogen-bond acceptors (Lipinski definition) is 1. The van der Waals surface area contributed by atoms with Gasteiger partial charge in [0.2, 0.25) is 0 Å². The molecule has 1 atom stereocenters. The Morgan fingerprint density at radius 2 is 1.88 bits per heavy atom. The van der Waals surface area contributed by atoms with Crippen LogP contribution in [0.15, 0.2) is 30.3 Å². The molecule has 0 radical (unpaired) electrons. The molecule has 1 unspecified atom stereocenters. The zero-order valence-electron chi connectivity index (χ0n) is 9.96. The quantitative estimate of drug-likeness (QED) is 0.706. The molecule has 0 fully saturated rings. The normalized spacial score (nSPS) is 24.0. The summed E-state index contributed by atoms with van der Waals surface area (Å²) in [4.78, 5) is 0. The second-order valence-corrected chi connectivity index (χ2v) is 5.39. The molecule has 0 bridgehead atoms. The van der Waals surface area contributed by atoms with Gasteiger partial charge in [-0.05, 0) is 44.0 Å². The van der Waals surface area contributed by atoms with Crippen molar-refractivity contribution in [2.45, 2.75) is 38.9 Å². The SMILES string of the molecule is CC1C=C(c2ccc(Cl)cc2)CC(C)(C)O1. The first-order chi connectivity index (χ1) is 7.46. The molecule has 2 heteroatoms. The highest BCUT2D eigenvalue weighted by atomic mass is 35.5. The van der Waals surface area contributed by atoms with Gasteiger partial charge in [0.05, 0.1) is 11.7 Å². The van der Waals surface area contributed by atoms with Crippen LogP contribution in [-0.4, -0.2) is 11.7 Å². The average Bonchev–Trinajstić information content (AvgIpc) is 2.15. The van der Waals surface area contributed by atoms with E-state index < -0.39 is 0 Å². The molecule has 0 amide bonds. The molecule has 0 aliphatic carbocycles. The van der Waals surface area contributed by atoms with Gasteiger partial charge in [0.1, 0.15) is 0 Å². The van der Waals surface area contributed by atoms with E-state index in [9.17, 15) is 0 Å². The van der Waals surface area contributed by atoms with Crippen LogP contribution in [0.1, 0.15) is 32.8 Å². The van der Waals surface area contributed by atoms with E-state index in [1.807, 2.05) is 12.1 Å². The fourth-order valence-corrected chi connectivity index (χ4v) is 2.37. The smallest absolute Gasteiger partial charge is 0.0740 e. The third kappa shape index (κ3) is 2.66. The van der Waals surface area contributed by atoms with Crippen molar-refractivity contribution in [3.05, 3.63) is 40.9 Å². The molecule has 16 heavy (non-hydrogen) atoms. The minimum absolute atomic E-state index is 0.0802. The first kappa shape index (κ1) is 11.7. The largest absolute Gasteiger partial charge is 0.368 e. The summed E-state index contributed by atoms with van der Waals surface area (Å²) in [5.41, 5.74) is 2.51. The van der Waals surface area contributed by atoms with Crippen molar-refractivity contribution in [1.82, 2.24) is 0 Å². The highest BCUT2D eigenvalue weighted by Gasteiger charge is 2.27. The molecule has 1 heterocycles. The molecule has 86 valence electrons. The molecule has 2 rings (SSSR count). The Balaban J connectivity index is 2.30. The fraction of sp³-hybridized carbons (Fsp3) is 0.429. The second kappa shape index (κ2) is 4.23. The molecule has 1 aromatic rings. The molecule has 1 aromatic carbocycles. The number of halogens is 1. The zero-order chi connectivity index (χ0) is 11.8. The van der Waals surface area contributed by atoms with Crippen molar-refractivity contribution >= 4 is 17.2 Å². The maximum absolute atomic E-state index is 5.89. The lowest BCUT2D eigenvalue weighted by Gasteiger charge is -2.34. The fourth-order valence-electron chi connectivity index (χ4n) is 2.24. The van der Waals surface area contributed by atoms with E-state index >= 15 is 0 Å². The van der Waals surface area contributed by atoms with Crippen molar-refractivity contribution in [2.24, 2.45) is 0 Å². The molecular formula is C14H17ClO. The van der Waals surface area contributed by atoms with Crippen LogP contribution in [0, 0.1) is 0 Å². The molecule has 0 aromatic heterocycles. The molecule has 0 saturated carbocycles. The first-order valence-corrected chi connectivity index (χ1v) is 5.98. The van der Waals surface area contributed by atoms with Gasteiger partial charge >= 0.3 is 0 Å². The van der Waals surface area contributed by atoms with Gasteiger partial charge in [-0.3, -0.25) is 0 Å². The topological polar surface area (TPSA) is 9.23 Å². The van der Waals surface area contributed by atoms with Crippen molar-refractivity contribution in [3.63, 3.8) is 0 Å². The first-order valence-electron chi connectivity index (χ1n) is 5.61. The van der Waals surface area contributed by atoms with Crippen LogP contribution in [0.25, 0.3) is 5.57 Å². The summed E-state index contributed by atoms with van der Waals surface area (Å²) < 4.78 is 5.85. The van der Waals surface area contributed by atoms with Gasteiger partial charge in [-0.15, -0.1) is 0 Å². The Labute approximate surface area is 102 Å².